The van der Waals surface area contributed by atoms with Gasteiger partial charge in [0.15, 0.2) is 0 Å². The summed E-state index contributed by atoms with van der Waals surface area (Å²) in [7, 11) is -6.23. The standard InChI is InChI=1S/C22H32O6P2.C2H6/c1-5-25-29(23,26-6-2)17-19-9-13-21(14-10-19)22-15-11-20(12-16-22)18-30(24,27-7-3)28-8-4;1-2/h9-16H,5-8,17-18H2,1-4H3;1-2H3. The Hall–Kier alpha value is -1.26. The molecule has 0 atom stereocenters. The Balaban J connectivity index is 0.00000249. The summed E-state index contributed by atoms with van der Waals surface area (Å²) in [6.45, 7) is 12.6. The lowest BCUT2D eigenvalue weighted by Gasteiger charge is -2.17. The molecule has 8 heteroatoms. The van der Waals surface area contributed by atoms with Gasteiger partial charge in [-0.2, -0.15) is 0 Å². The van der Waals surface area contributed by atoms with Crippen LogP contribution in [-0.4, -0.2) is 26.4 Å². The van der Waals surface area contributed by atoms with Gasteiger partial charge < -0.3 is 18.1 Å². The highest BCUT2D eigenvalue weighted by Crippen LogP contribution is 2.52. The second-order valence-electron chi connectivity index (χ2n) is 6.60. The molecule has 2 aromatic carbocycles. The highest BCUT2D eigenvalue weighted by Gasteiger charge is 2.25. The number of hydrogen-bond donors (Lipinski definition) is 0. The minimum atomic E-state index is -3.12. The third-order valence-corrected chi connectivity index (χ3v) is 8.41. The maximum absolute atomic E-state index is 12.7. The van der Waals surface area contributed by atoms with Gasteiger partial charge in [0.1, 0.15) is 0 Å². The molecule has 180 valence electrons. The predicted molar refractivity (Wildman–Crippen MR) is 132 cm³/mol. The molecule has 0 unspecified atom stereocenters. The van der Waals surface area contributed by atoms with Crippen LogP contribution in [0.2, 0.25) is 0 Å². The fourth-order valence-corrected chi connectivity index (χ4v) is 6.50. The Labute approximate surface area is 193 Å². The average Bonchev–Trinajstić information content (AvgIpc) is 2.77. The Bertz CT molecular complexity index is 772. The van der Waals surface area contributed by atoms with Crippen LogP contribution in [0.25, 0.3) is 11.1 Å². The third-order valence-electron chi connectivity index (χ3n) is 4.30. The summed E-state index contributed by atoms with van der Waals surface area (Å²) in [6, 6.07) is 15.7. The Kier molecular flexibility index (Phi) is 13.3. The molecule has 2 rings (SSSR count). The highest BCUT2D eigenvalue weighted by atomic mass is 31.2. The van der Waals surface area contributed by atoms with Crippen LogP contribution in [0.1, 0.15) is 52.7 Å². The lowest BCUT2D eigenvalue weighted by Crippen LogP contribution is -1.99. The van der Waals surface area contributed by atoms with Crippen LogP contribution in [0.3, 0.4) is 0 Å². The van der Waals surface area contributed by atoms with Gasteiger partial charge in [0.25, 0.3) is 0 Å². The monoisotopic (exact) mass is 484 g/mol. The molecule has 0 fully saturated rings. The van der Waals surface area contributed by atoms with Gasteiger partial charge in [-0.25, -0.2) is 0 Å². The molecule has 0 saturated heterocycles. The van der Waals surface area contributed by atoms with E-state index in [1.165, 1.54) is 0 Å². The van der Waals surface area contributed by atoms with Crippen molar-refractivity contribution in [3.8, 4) is 11.1 Å². The van der Waals surface area contributed by atoms with Crippen molar-refractivity contribution in [3.05, 3.63) is 59.7 Å². The van der Waals surface area contributed by atoms with Crippen molar-refractivity contribution in [2.75, 3.05) is 26.4 Å². The zero-order valence-corrected chi connectivity index (χ0v) is 22.0. The second kappa shape index (κ2) is 14.8. The van der Waals surface area contributed by atoms with Gasteiger partial charge in [-0.05, 0) is 49.9 Å². The largest absolute Gasteiger partial charge is 0.335 e. The molecule has 0 aliphatic rings. The van der Waals surface area contributed by atoms with Gasteiger partial charge in [0.05, 0.1) is 38.8 Å². The lowest BCUT2D eigenvalue weighted by atomic mass is 10.0. The summed E-state index contributed by atoms with van der Waals surface area (Å²) in [5.41, 5.74) is 3.86. The van der Waals surface area contributed by atoms with E-state index in [2.05, 4.69) is 0 Å². The average molecular weight is 485 g/mol. The zero-order valence-electron chi connectivity index (χ0n) is 20.2. The molecular weight excluding hydrogens is 446 g/mol. The number of rotatable bonds is 13. The van der Waals surface area contributed by atoms with Crippen LogP contribution in [-0.2, 0) is 39.5 Å². The normalized spacial score (nSPS) is 11.7. The Morgan fingerprint density at radius 2 is 0.781 bits per heavy atom. The minimum absolute atomic E-state index is 0.248. The third kappa shape index (κ3) is 9.31. The van der Waals surface area contributed by atoms with E-state index >= 15 is 0 Å². The van der Waals surface area contributed by atoms with E-state index in [1.807, 2.05) is 62.4 Å². The maximum atomic E-state index is 12.7. The van der Waals surface area contributed by atoms with Gasteiger partial charge in [-0.1, -0.05) is 62.4 Å². The second-order valence-corrected chi connectivity index (χ2v) is 10.7. The summed E-state index contributed by atoms with van der Waals surface area (Å²) >= 11 is 0. The van der Waals surface area contributed by atoms with Crippen LogP contribution in [0, 0.1) is 0 Å². The number of hydrogen-bond acceptors (Lipinski definition) is 6. The van der Waals surface area contributed by atoms with Crippen molar-refractivity contribution in [2.24, 2.45) is 0 Å². The van der Waals surface area contributed by atoms with Crippen LogP contribution in [0.5, 0.6) is 0 Å². The summed E-state index contributed by atoms with van der Waals surface area (Å²) in [5, 5.41) is 0. The van der Waals surface area contributed by atoms with E-state index in [9.17, 15) is 9.13 Å². The van der Waals surface area contributed by atoms with Crippen molar-refractivity contribution in [1.29, 1.82) is 0 Å². The van der Waals surface area contributed by atoms with Crippen LogP contribution >= 0.6 is 15.2 Å². The van der Waals surface area contributed by atoms with Crippen molar-refractivity contribution in [2.45, 2.75) is 53.9 Å². The van der Waals surface area contributed by atoms with Crippen molar-refractivity contribution in [3.63, 3.8) is 0 Å². The molecule has 6 nitrogen and oxygen atoms in total. The first-order valence-electron chi connectivity index (χ1n) is 11.3. The topological polar surface area (TPSA) is 71.1 Å². The van der Waals surface area contributed by atoms with E-state index in [0.717, 1.165) is 22.3 Å². The molecule has 0 aliphatic heterocycles. The van der Waals surface area contributed by atoms with Gasteiger partial charge in [0, 0.05) is 0 Å². The minimum Gasteiger partial charge on any atom is -0.309 e. The molecule has 0 bridgehead atoms. The van der Waals surface area contributed by atoms with Crippen LogP contribution in [0.4, 0.5) is 0 Å². The summed E-state index contributed by atoms with van der Waals surface area (Å²) in [5.74, 6) is 0. The fraction of sp³-hybridized carbons (Fsp3) is 0.500. The van der Waals surface area contributed by atoms with E-state index in [1.54, 1.807) is 27.7 Å². The molecule has 0 radical (unpaired) electrons. The first-order chi connectivity index (χ1) is 15.4. The molecule has 0 amide bonds. The first-order valence-corrected chi connectivity index (χ1v) is 14.8. The van der Waals surface area contributed by atoms with Crippen molar-refractivity contribution >= 4 is 15.2 Å². The highest BCUT2D eigenvalue weighted by molar-refractivity contribution is 7.53. The van der Waals surface area contributed by atoms with Gasteiger partial charge in [-0.15, -0.1) is 0 Å². The summed E-state index contributed by atoms with van der Waals surface area (Å²) < 4.78 is 46.9. The Morgan fingerprint density at radius 1 is 0.531 bits per heavy atom. The van der Waals surface area contributed by atoms with Crippen molar-refractivity contribution in [1.82, 2.24) is 0 Å². The molecule has 0 N–H and O–H groups in total. The smallest absolute Gasteiger partial charge is 0.309 e. The van der Waals surface area contributed by atoms with Crippen LogP contribution < -0.4 is 0 Å². The van der Waals surface area contributed by atoms with Crippen molar-refractivity contribution < 1.29 is 27.2 Å². The number of benzene rings is 2. The van der Waals surface area contributed by atoms with E-state index < -0.39 is 15.2 Å². The Morgan fingerprint density at radius 3 is 1.00 bits per heavy atom. The zero-order chi connectivity index (χ0) is 24.0. The summed E-state index contributed by atoms with van der Waals surface area (Å²) in [6.07, 6.45) is 0.496. The van der Waals surface area contributed by atoms with Gasteiger partial charge in [-0.3, -0.25) is 9.13 Å². The molecule has 0 saturated carbocycles. The van der Waals surface area contributed by atoms with E-state index in [4.69, 9.17) is 18.1 Å². The first kappa shape index (κ1) is 28.8. The van der Waals surface area contributed by atoms with Gasteiger partial charge in [0.2, 0.25) is 0 Å². The molecule has 32 heavy (non-hydrogen) atoms. The van der Waals surface area contributed by atoms with E-state index in [0.29, 0.717) is 26.4 Å². The predicted octanol–water partition coefficient (Wildman–Crippen LogP) is 7.91. The van der Waals surface area contributed by atoms with E-state index in [-0.39, 0.29) is 12.3 Å². The maximum Gasteiger partial charge on any atom is 0.335 e. The molecule has 0 heterocycles. The molecule has 0 aliphatic carbocycles. The van der Waals surface area contributed by atoms with Crippen LogP contribution in [0.15, 0.2) is 48.5 Å². The quantitative estimate of drug-likeness (QED) is 0.269. The lowest BCUT2D eigenvalue weighted by molar-refractivity contribution is 0.218. The molecule has 0 aromatic heterocycles. The molecule has 2 aromatic rings. The van der Waals surface area contributed by atoms with Gasteiger partial charge >= 0.3 is 15.2 Å². The fourth-order valence-electron chi connectivity index (χ4n) is 3.10. The molecule has 0 spiro atoms. The SMILES string of the molecule is CC.CCOP(=O)(Cc1ccc(-c2ccc(CP(=O)(OCC)OCC)cc2)cc1)OCC. The summed E-state index contributed by atoms with van der Waals surface area (Å²) in [4.78, 5) is 0. The molecular formula is C24H38O6P2.